The molecule has 24 heavy (non-hydrogen) atoms. The molecule has 5 nitrogen and oxygen atoms in total. The number of amides is 1. The summed E-state index contributed by atoms with van der Waals surface area (Å²) in [5.74, 6) is 0.511. The van der Waals surface area contributed by atoms with Crippen molar-refractivity contribution in [2.24, 2.45) is 0 Å². The van der Waals surface area contributed by atoms with Crippen LogP contribution in [0.15, 0.2) is 22.5 Å². The number of ether oxygens (including phenoxy) is 1. The molecule has 1 amide bonds. The Hall–Kier alpha value is -1.60. The van der Waals surface area contributed by atoms with Crippen LogP contribution in [0, 0.1) is 13.8 Å². The van der Waals surface area contributed by atoms with Crippen molar-refractivity contribution in [2.75, 3.05) is 5.32 Å². The fourth-order valence-electron chi connectivity index (χ4n) is 2.18. The molecule has 7 heteroatoms. The fourth-order valence-corrected chi connectivity index (χ4v) is 4.16. The number of thioether (sulfide) groups is 1. The van der Waals surface area contributed by atoms with Crippen molar-refractivity contribution >= 4 is 34.1 Å². The number of aryl methyl sites for hydroxylation is 2. The second-order valence-electron chi connectivity index (χ2n) is 5.87. The van der Waals surface area contributed by atoms with E-state index in [4.69, 9.17) is 4.74 Å². The lowest BCUT2D eigenvalue weighted by Crippen LogP contribution is -2.32. The molecule has 0 aliphatic rings. The molecule has 0 fully saturated rings. The van der Waals surface area contributed by atoms with Crippen molar-refractivity contribution < 1.29 is 9.53 Å². The number of carbonyl (C=O) groups excluding carboxylic acids is 1. The van der Waals surface area contributed by atoms with Crippen molar-refractivity contribution in [1.29, 1.82) is 0 Å². The van der Waals surface area contributed by atoms with Crippen molar-refractivity contribution in [3.8, 4) is 5.75 Å². The summed E-state index contributed by atoms with van der Waals surface area (Å²) in [4.78, 5) is 12.4. The van der Waals surface area contributed by atoms with Gasteiger partial charge in [0.25, 0.3) is 5.91 Å². The van der Waals surface area contributed by atoms with Crippen LogP contribution >= 0.6 is 23.1 Å². The second-order valence-corrected chi connectivity index (χ2v) is 8.67. The average Bonchev–Trinajstić information content (AvgIpc) is 2.89. The molecule has 0 spiro atoms. The van der Waals surface area contributed by atoms with E-state index >= 15 is 0 Å². The van der Waals surface area contributed by atoms with Crippen molar-refractivity contribution in [2.45, 2.75) is 56.7 Å². The van der Waals surface area contributed by atoms with E-state index in [1.807, 2.05) is 32.9 Å². The summed E-state index contributed by atoms with van der Waals surface area (Å²) >= 11 is 3.01. The van der Waals surface area contributed by atoms with E-state index in [-0.39, 0.29) is 5.91 Å². The van der Waals surface area contributed by atoms with Crippen LogP contribution in [-0.4, -0.2) is 27.5 Å². The normalized spacial score (nSPS) is 12.2. The summed E-state index contributed by atoms with van der Waals surface area (Å²) in [5.41, 5.74) is 2.22. The molecule has 0 radical (unpaired) electrons. The summed E-state index contributed by atoms with van der Waals surface area (Å²) in [7, 11) is 0. The zero-order valence-electron chi connectivity index (χ0n) is 14.6. The standard InChI is InChI=1S/C17H23N3O2S2/c1-6-14(22-13-8-11(4)7-12(5)9-13)15(21)18-16-19-20-17(24-16)23-10(2)3/h7-10,14H,6H2,1-5H3,(H,18,19,21)/t14-/m0/s1. The summed E-state index contributed by atoms with van der Waals surface area (Å²) in [5, 5.41) is 11.8. The Kier molecular flexibility index (Phi) is 6.62. The highest BCUT2D eigenvalue weighted by atomic mass is 32.2. The van der Waals surface area contributed by atoms with Crippen LogP contribution in [0.3, 0.4) is 0 Å². The van der Waals surface area contributed by atoms with Gasteiger partial charge >= 0.3 is 0 Å². The molecule has 0 saturated carbocycles. The molecule has 130 valence electrons. The number of anilines is 1. The first-order chi connectivity index (χ1) is 11.4. The minimum absolute atomic E-state index is 0.200. The molecule has 2 rings (SSSR count). The van der Waals surface area contributed by atoms with Gasteiger partial charge in [0, 0.05) is 5.25 Å². The smallest absolute Gasteiger partial charge is 0.267 e. The monoisotopic (exact) mass is 365 g/mol. The Balaban J connectivity index is 2.01. The van der Waals surface area contributed by atoms with E-state index in [1.54, 1.807) is 11.8 Å². The average molecular weight is 366 g/mol. The molecule has 0 saturated heterocycles. The summed E-state index contributed by atoms with van der Waals surface area (Å²) < 4.78 is 6.72. The van der Waals surface area contributed by atoms with E-state index in [9.17, 15) is 4.79 Å². The summed E-state index contributed by atoms with van der Waals surface area (Å²) in [6.45, 7) is 10.1. The number of aromatic nitrogens is 2. The molecule has 1 atom stereocenters. The van der Waals surface area contributed by atoms with Crippen LogP contribution < -0.4 is 10.1 Å². The molecule has 2 aromatic rings. The van der Waals surface area contributed by atoms with Crippen molar-refractivity contribution in [3.05, 3.63) is 29.3 Å². The van der Waals surface area contributed by atoms with Gasteiger partial charge in [-0.05, 0) is 43.5 Å². The Bertz CT molecular complexity index is 681. The highest BCUT2D eigenvalue weighted by molar-refractivity contribution is 8.01. The second kappa shape index (κ2) is 8.48. The van der Waals surface area contributed by atoms with Crippen LogP contribution in [0.5, 0.6) is 5.75 Å². The van der Waals surface area contributed by atoms with Gasteiger partial charge in [0.1, 0.15) is 5.75 Å². The zero-order chi connectivity index (χ0) is 17.7. The van der Waals surface area contributed by atoms with Crippen LogP contribution in [0.1, 0.15) is 38.3 Å². The number of rotatable bonds is 7. The van der Waals surface area contributed by atoms with Gasteiger partial charge in [-0.1, -0.05) is 49.9 Å². The quantitative estimate of drug-likeness (QED) is 0.580. The lowest BCUT2D eigenvalue weighted by molar-refractivity contribution is -0.122. The fraction of sp³-hybridized carbons (Fsp3) is 0.471. The molecule has 0 unspecified atom stereocenters. The van der Waals surface area contributed by atoms with Crippen LogP contribution in [-0.2, 0) is 4.79 Å². The molecule has 1 heterocycles. The Labute approximate surface area is 151 Å². The molecular weight excluding hydrogens is 342 g/mol. The van der Waals surface area contributed by atoms with Crippen LogP contribution in [0.2, 0.25) is 0 Å². The number of hydrogen-bond acceptors (Lipinski definition) is 6. The largest absolute Gasteiger partial charge is 0.481 e. The van der Waals surface area contributed by atoms with E-state index in [0.29, 0.717) is 22.6 Å². The zero-order valence-corrected chi connectivity index (χ0v) is 16.3. The third kappa shape index (κ3) is 5.49. The SMILES string of the molecule is CC[C@H](Oc1cc(C)cc(C)c1)C(=O)Nc1nnc(SC(C)C)s1. The number of nitrogens with one attached hydrogen (secondary N) is 1. The topological polar surface area (TPSA) is 64.1 Å². The van der Waals surface area contributed by atoms with Crippen molar-refractivity contribution in [1.82, 2.24) is 10.2 Å². The van der Waals surface area contributed by atoms with Gasteiger partial charge in [-0.3, -0.25) is 10.1 Å². The van der Waals surface area contributed by atoms with Gasteiger partial charge in [0.15, 0.2) is 10.4 Å². The lowest BCUT2D eigenvalue weighted by Gasteiger charge is -2.17. The van der Waals surface area contributed by atoms with Gasteiger partial charge < -0.3 is 4.74 Å². The minimum atomic E-state index is -0.559. The molecule has 0 aliphatic heterocycles. The van der Waals surface area contributed by atoms with E-state index < -0.39 is 6.10 Å². The number of hydrogen-bond donors (Lipinski definition) is 1. The number of benzene rings is 1. The first-order valence-electron chi connectivity index (χ1n) is 7.93. The maximum atomic E-state index is 12.4. The summed E-state index contributed by atoms with van der Waals surface area (Å²) in [6.07, 6.45) is 0.0157. The maximum Gasteiger partial charge on any atom is 0.267 e. The Morgan fingerprint density at radius 3 is 2.50 bits per heavy atom. The molecule has 0 aliphatic carbocycles. The van der Waals surface area contributed by atoms with Crippen LogP contribution in [0.4, 0.5) is 5.13 Å². The number of nitrogens with zero attached hydrogens (tertiary/aromatic N) is 2. The summed E-state index contributed by atoms with van der Waals surface area (Å²) in [6, 6.07) is 5.94. The first-order valence-corrected chi connectivity index (χ1v) is 9.63. The Morgan fingerprint density at radius 2 is 1.92 bits per heavy atom. The molecule has 1 aromatic heterocycles. The molecule has 0 bridgehead atoms. The van der Waals surface area contributed by atoms with E-state index in [1.165, 1.54) is 11.3 Å². The molecule has 1 N–H and O–H groups in total. The van der Waals surface area contributed by atoms with Gasteiger partial charge in [-0.25, -0.2) is 0 Å². The third-order valence-corrected chi connectivity index (χ3v) is 5.04. The van der Waals surface area contributed by atoms with E-state index in [2.05, 4.69) is 35.4 Å². The lowest BCUT2D eigenvalue weighted by atomic mass is 10.1. The number of carbonyl (C=O) groups is 1. The third-order valence-electron chi connectivity index (χ3n) is 3.11. The van der Waals surface area contributed by atoms with Crippen LogP contribution in [0.25, 0.3) is 0 Å². The molecular formula is C17H23N3O2S2. The van der Waals surface area contributed by atoms with Gasteiger partial charge in [0.05, 0.1) is 0 Å². The first kappa shape index (κ1) is 18.7. The minimum Gasteiger partial charge on any atom is -0.481 e. The van der Waals surface area contributed by atoms with Crippen molar-refractivity contribution in [3.63, 3.8) is 0 Å². The highest BCUT2D eigenvalue weighted by Crippen LogP contribution is 2.28. The Morgan fingerprint density at radius 1 is 1.25 bits per heavy atom. The predicted octanol–water partition coefficient (Wildman–Crippen LogP) is 4.45. The highest BCUT2D eigenvalue weighted by Gasteiger charge is 2.20. The molecule has 1 aromatic carbocycles. The van der Waals surface area contributed by atoms with Gasteiger partial charge in [-0.2, -0.15) is 0 Å². The van der Waals surface area contributed by atoms with E-state index in [0.717, 1.165) is 15.5 Å². The van der Waals surface area contributed by atoms with Gasteiger partial charge in [-0.15, -0.1) is 10.2 Å². The maximum absolute atomic E-state index is 12.4. The predicted molar refractivity (Wildman–Crippen MR) is 100 cm³/mol. The van der Waals surface area contributed by atoms with Gasteiger partial charge in [0.2, 0.25) is 5.13 Å².